The Hall–Kier alpha value is -4.10. The van der Waals surface area contributed by atoms with Gasteiger partial charge in [0.2, 0.25) is 11.7 Å². The number of fused-ring (bicyclic) bond motifs is 1. The molecule has 4 aromatic rings. The van der Waals surface area contributed by atoms with Gasteiger partial charge in [0.1, 0.15) is 11.3 Å². The first-order valence-corrected chi connectivity index (χ1v) is 10.5. The van der Waals surface area contributed by atoms with Crippen molar-refractivity contribution in [1.82, 2.24) is 5.32 Å². The van der Waals surface area contributed by atoms with Crippen LogP contribution in [0.3, 0.4) is 0 Å². The maximum atomic E-state index is 13.0. The number of carbonyl (C=O) groups excluding carboxylic acids is 3. The van der Waals surface area contributed by atoms with E-state index in [1.165, 1.54) is 0 Å². The average Bonchev–Trinajstić information content (AvgIpc) is 3.18. The van der Waals surface area contributed by atoms with E-state index in [-0.39, 0.29) is 17.9 Å². The summed E-state index contributed by atoms with van der Waals surface area (Å²) in [6.07, 6.45) is -0.0993. The Morgan fingerprint density at radius 2 is 1.58 bits per heavy atom. The van der Waals surface area contributed by atoms with E-state index in [1.54, 1.807) is 48.5 Å². The number of primary amides is 1. The summed E-state index contributed by atoms with van der Waals surface area (Å²) in [6, 6.07) is 22.0. The molecule has 33 heavy (non-hydrogen) atoms. The molecule has 4 N–H and O–H groups in total. The molecule has 0 aliphatic carbocycles. The van der Waals surface area contributed by atoms with E-state index in [1.807, 2.05) is 30.3 Å². The van der Waals surface area contributed by atoms with Crippen LogP contribution in [-0.4, -0.2) is 17.7 Å². The van der Waals surface area contributed by atoms with Crippen molar-refractivity contribution in [3.8, 4) is 0 Å². The van der Waals surface area contributed by atoms with Crippen molar-refractivity contribution in [3.05, 3.63) is 101 Å². The summed E-state index contributed by atoms with van der Waals surface area (Å²) in [6.45, 7) is 0. The SMILES string of the molecule is NC(=O)c1oc2ccccc2c1NC(=O)CC(NC(=O)c1ccccc1Cl)c1ccccc1. The third-order valence-corrected chi connectivity index (χ3v) is 5.43. The van der Waals surface area contributed by atoms with Gasteiger partial charge < -0.3 is 20.8 Å². The normalized spacial score (nSPS) is 11.7. The fourth-order valence-electron chi connectivity index (χ4n) is 3.54. The lowest BCUT2D eigenvalue weighted by Crippen LogP contribution is -2.32. The van der Waals surface area contributed by atoms with Gasteiger partial charge in [-0.2, -0.15) is 0 Å². The lowest BCUT2D eigenvalue weighted by Gasteiger charge is -2.19. The second kappa shape index (κ2) is 9.58. The molecule has 0 saturated heterocycles. The molecule has 0 spiro atoms. The first-order valence-electron chi connectivity index (χ1n) is 10.2. The number of hydrogen-bond donors (Lipinski definition) is 3. The molecule has 1 aromatic heterocycles. The zero-order chi connectivity index (χ0) is 23.4. The minimum absolute atomic E-state index is 0.0993. The van der Waals surface area contributed by atoms with Gasteiger partial charge in [-0.25, -0.2) is 0 Å². The number of nitrogens with two attached hydrogens (primary N) is 1. The van der Waals surface area contributed by atoms with E-state index in [9.17, 15) is 14.4 Å². The number of amides is 3. The van der Waals surface area contributed by atoms with Crippen molar-refractivity contribution in [3.63, 3.8) is 0 Å². The van der Waals surface area contributed by atoms with Crippen LogP contribution in [0.5, 0.6) is 0 Å². The summed E-state index contributed by atoms with van der Waals surface area (Å²) in [5, 5.41) is 6.46. The molecule has 0 saturated carbocycles. The minimum Gasteiger partial charge on any atom is -0.449 e. The van der Waals surface area contributed by atoms with E-state index >= 15 is 0 Å². The first-order chi connectivity index (χ1) is 15.9. The van der Waals surface area contributed by atoms with Gasteiger partial charge in [-0.1, -0.05) is 66.2 Å². The molecular formula is C25H20ClN3O4. The molecule has 7 nitrogen and oxygen atoms in total. The van der Waals surface area contributed by atoms with Gasteiger partial charge in [-0.15, -0.1) is 0 Å². The Balaban J connectivity index is 1.60. The largest absolute Gasteiger partial charge is 0.449 e. The third kappa shape index (κ3) is 4.88. The lowest BCUT2D eigenvalue weighted by molar-refractivity contribution is -0.116. The van der Waals surface area contributed by atoms with Crippen LogP contribution in [0.4, 0.5) is 5.69 Å². The van der Waals surface area contributed by atoms with Crippen molar-refractivity contribution < 1.29 is 18.8 Å². The van der Waals surface area contributed by atoms with E-state index in [2.05, 4.69) is 10.6 Å². The van der Waals surface area contributed by atoms with Gasteiger partial charge in [0, 0.05) is 5.39 Å². The average molecular weight is 462 g/mol. The van der Waals surface area contributed by atoms with Gasteiger partial charge in [0.25, 0.3) is 11.8 Å². The van der Waals surface area contributed by atoms with Crippen molar-refractivity contribution in [1.29, 1.82) is 0 Å². The van der Waals surface area contributed by atoms with E-state index < -0.39 is 23.8 Å². The van der Waals surface area contributed by atoms with Crippen LogP contribution in [0.25, 0.3) is 11.0 Å². The smallest absolute Gasteiger partial charge is 0.286 e. The van der Waals surface area contributed by atoms with Crippen LogP contribution in [-0.2, 0) is 4.79 Å². The molecule has 166 valence electrons. The van der Waals surface area contributed by atoms with E-state index in [0.717, 1.165) is 5.56 Å². The van der Waals surface area contributed by atoms with Gasteiger partial charge in [-0.05, 0) is 29.8 Å². The molecule has 0 radical (unpaired) electrons. The topological polar surface area (TPSA) is 114 Å². The van der Waals surface area contributed by atoms with Crippen LogP contribution in [0.1, 0.15) is 38.9 Å². The summed E-state index contributed by atoms with van der Waals surface area (Å²) >= 11 is 6.16. The Bertz CT molecular complexity index is 1330. The Labute approximate surface area is 194 Å². The van der Waals surface area contributed by atoms with Gasteiger partial charge in [0.15, 0.2) is 0 Å². The second-order valence-electron chi connectivity index (χ2n) is 7.34. The standard InChI is InChI=1S/C25H20ClN3O4/c26-18-12-6-4-10-16(18)25(32)28-19(15-8-2-1-3-9-15)14-21(30)29-22-17-11-5-7-13-20(17)33-23(22)24(27)31/h1-13,19H,14H2,(H2,27,31)(H,28,32)(H,29,30). The highest BCUT2D eigenvalue weighted by Crippen LogP contribution is 2.31. The Kier molecular flexibility index (Phi) is 6.42. The molecule has 1 heterocycles. The maximum Gasteiger partial charge on any atom is 0.286 e. The zero-order valence-electron chi connectivity index (χ0n) is 17.4. The number of carbonyl (C=O) groups is 3. The summed E-state index contributed by atoms with van der Waals surface area (Å²) in [4.78, 5) is 37.7. The Morgan fingerprint density at radius 1 is 0.909 bits per heavy atom. The molecular weight excluding hydrogens is 442 g/mol. The number of furan rings is 1. The third-order valence-electron chi connectivity index (χ3n) is 5.10. The molecule has 0 aliphatic rings. The van der Waals surface area contributed by atoms with Gasteiger partial charge in [-0.3, -0.25) is 14.4 Å². The van der Waals surface area contributed by atoms with Crippen molar-refractivity contribution >= 4 is 46.0 Å². The molecule has 8 heteroatoms. The number of hydrogen-bond acceptors (Lipinski definition) is 4. The molecule has 0 fully saturated rings. The highest BCUT2D eigenvalue weighted by molar-refractivity contribution is 6.33. The fourth-order valence-corrected chi connectivity index (χ4v) is 3.76. The molecule has 0 bridgehead atoms. The highest BCUT2D eigenvalue weighted by atomic mass is 35.5. The summed E-state index contributed by atoms with van der Waals surface area (Å²) in [5.74, 6) is -1.78. The monoisotopic (exact) mass is 461 g/mol. The van der Waals surface area contributed by atoms with E-state index in [0.29, 0.717) is 21.6 Å². The van der Waals surface area contributed by atoms with Gasteiger partial charge in [0.05, 0.1) is 23.0 Å². The second-order valence-corrected chi connectivity index (χ2v) is 7.74. The lowest BCUT2D eigenvalue weighted by atomic mass is 10.0. The molecule has 4 rings (SSSR count). The van der Waals surface area contributed by atoms with Crippen molar-refractivity contribution in [2.75, 3.05) is 5.32 Å². The fraction of sp³-hybridized carbons (Fsp3) is 0.0800. The van der Waals surface area contributed by atoms with Crippen molar-refractivity contribution in [2.24, 2.45) is 5.73 Å². The molecule has 1 unspecified atom stereocenters. The number of benzene rings is 3. The predicted molar refractivity (Wildman–Crippen MR) is 126 cm³/mol. The summed E-state index contributed by atoms with van der Waals surface area (Å²) in [5.41, 5.74) is 7.10. The van der Waals surface area contributed by atoms with Crippen LogP contribution in [0.15, 0.2) is 83.3 Å². The number of nitrogens with one attached hydrogen (secondary N) is 2. The van der Waals surface area contributed by atoms with E-state index in [4.69, 9.17) is 21.8 Å². The molecule has 0 aliphatic heterocycles. The summed E-state index contributed by atoms with van der Waals surface area (Å²) in [7, 11) is 0. The van der Waals surface area contributed by atoms with Crippen LogP contribution in [0, 0.1) is 0 Å². The van der Waals surface area contributed by atoms with Crippen LogP contribution in [0.2, 0.25) is 5.02 Å². The number of rotatable bonds is 7. The number of anilines is 1. The quantitative estimate of drug-likeness (QED) is 0.370. The summed E-state index contributed by atoms with van der Waals surface area (Å²) < 4.78 is 5.51. The minimum atomic E-state index is -0.798. The van der Waals surface area contributed by atoms with Crippen LogP contribution >= 0.6 is 11.6 Å². The Morgan fingerprint density at radius 3 is 2.30 bits per heavy atom. The van der Waals surface area contributed by atoms with Crippen LogP contribution < -0.4 is 16.4 Å². The van der Waals surface area contributed by atoms with Gasteiger partial charge >= 0.3 is 0 Å². The predicted octanol–water partition coefficient (Wildman–Crippen LogP) is 4.69. The first kappa shape index (κ1) is 22.1. The number of halogens is 1. The molecule has 3 aromatic carbocycles. The van der Waals surface area contributed by atoms with Crippen molar-refractivity contribution in [2.45, 2.75) is 12.5 Å². The molecule has 1 atom stereocenters. The molecule has 3 amide bonds. The maximum absolute atomic E-state index is 13.0. The number of para-hydroxylation sites is 1. The zero-order valence-corrected chi connectivity index (χ0v) is 18.1. The highest BCUT2D eigenvalue weighted by Gasteiger charge is 2.24.